The summed E-state index contributed by atoms with van der Waals surface area (Å²) in [5.74, 6) is -0.109. The topological polar surface area (TPSA) is 79.8 Å². The zero-order valence-corrected chi connectivity index (χ0v) is 14.4. The summed E-state index contributed by atoms with van der Waals surface area (Å²) in [6, 6.07) is 12.1. The summed E-state index contributed by atoms with van der Waals surface area (Å²) in [6.07, 6.45) is 3.15. The summed E-state index contributed by atoms with van der Waals surface area (Å²) < 4.78 is 0. The van der Waals surface area contributed by atoms with Gasteiger partial charge in [0.1, 0.15) is 5.69 Å². The van der Waals surface area contributed by atoms with Crippen molar-refractivity contribution in [2.75, 3.05) is 5.32 Å². The predicted molar refractivity (Wildman–Crippen MR) is 97.2 cm³/mol. The van der Waals surface area contributed by atoms with E-state index in [1.807, 2.05) is 18.2 Å². The molecule has 8 heteroatoms. The highest BCUT2D eigenvalue weighted by molar-refractivity contribution is 6.39. The number of hydrogen-bond acceptors (Lipinski definition) is 5. The molecule has 0 aliphatic heterocycles. The minimum atomic E-state index is -0.332. The fourth-order valence-corrected chi connectivity index (χ4v) is 2.53. The lowest BCUT2D eigenvalue weighted by Crippen LogP contribution is -2.24. The second kappa shape index (κ2) is 7.92. The lowest BCUT2D eigenvalue weighted by molar-refractivity contribution is 0.0945. The molecule has 0 aliphatic rings. The number of carbonyl (C=O) groups is 1. The summed E-state index contributed by atoms with van der Waals surface area (Å²) in [5, 5.41) is 6.55. The number of para-hydroxylation sites is 1. The molecule has 2 heterocycles. The van der Waals surface area contributed by atoms with Gasteiger partial charge in [0.05, 0.1) is 28.0 Å². The predicted octanol–water partition coefficient (Wildman–Crippen LogP) is 3.85. The van der Waals surface area contributed by atoms with Gasteiger partial charge in [-0.1, -0.05) is 35.3 Å². The number of anilines is 2. The Labute approximate surface area is 154 Å². The smallest absolute Gasteiger partial charge is 0.270 e. The van der Waals surface area contributed by atoms with Crippen molar-refractivity contribution in [1.82, 2.24) is 20.3 Å². The van der Waals surface area contributed by atoms with Crippen LogP contribution in [0.15, 0.2) is 54.9 Å². The Balaban J connectivity index is 1.72. The summed E-state index contributed by atoms with van der Waals surface area (Å²) in [4.78, 5) is 24.7. The molecule has 2 aromatic heterocycles. The van der Waals surface area contributed by atoms with Gasteiger partial charge in [-0.05, 0) is 30.3 Å². The lowest BCUT2D eigenvalue weighted by Gasteiger charge is -2.10. The quantitative estimate of drug-likeness (QED) is 0.709. The largest absolute Gasteiger partial charge is 0.345 e. The molecule has 25 heavy (non-hydrogen) atoms. The summed E-state index contributed by atoms with van der Waals surface area (Å²) in [7, 11) is 0. The minimum Gasteiger partial charge on any atom is -0.345 e. The van der Waals surface area contributed by atoms with E-state index in [0.29, 0.717) is 22.3 Å². The zero-order valence-electron chi connectivity index (χ0n) is 12.9. The Bertz CT molecular complexity index is 869. The molecule has 0 aliphatic carbocycles. The molecule has 2 N–H and O–H groups in total. The van der Waals surface area contributed by atoms with Gasteiger partial charge in [-0.15, -0.1) is 0 Å². The molecule has 0 atom stereocenters. The standard InChI is InChI=1S/C17H13Cl2N5O/c18-12-5-3-6-13(19)15(12)24-17-21-9-7-14(23-17)16(25)22-10-11-4-1-2-8-20-11/h1-9H,10H2,(H,22,25)(H,21,23,24). The Morgan fingerprint density at radius 2 is 1.76 bits per heavy atom. The lowest BCUT2D eigenvalue weighted by atomic mass is 10.3. The maximum absolute atomic E-state index is 12.2. The Kier molecular flexibility index (Phi) is 5.42. The number of pyridine rings is 1. The molecule has 0 spiro atoms. The van der Waals surface area contributed by atoms with Gasteiger partial charge < -0.3 is 10.6 Å². The molecule has 1 amide bonds. The first-order valence-corrected chi connectivity index (χ1v) is 8.11. The van der Waals surface area contributed by atoms with E-state index < -0.39 is 0 Å². The van der Waals surface area contributed by atoms with Gasteiger partial charge in [0, 0.05) is 12.4 Å². The van der Waals surface area contributed by atoms with Crippen LogP contribution in [0.4, 0.5) is 11.6 Å². The van der Waals surface area contributed by atoms with E-state index in [2.05, 4.69) is 25.6 Å². The van der Waals surface area contributed by atoms with Crippen molar-refractivity contribution < 1.29 is 4.79 Å². The first-order valence-electron chi connectivity index (χ1n) is 7.35. The van der Waals surface area contributed by atoms with Crippen molar-refractivity contribution in [3.8, 4) is 0 Å². The average molecular weight is 374 g/mol. The van der Waals surface area contributed by atoms with Crippen molar-refractivity contribution in [3.63, 3.8) is 0 Å². The van der Waals surface area contributed by atoms with Crippen LogP contribution in [0, 0.1) is 0 Å². The summed E-state index contributed by atoms with van der Waals surface area (Å²) in [6.45, 7) is 0.308. The second-order valence-electron chi connectivity index (χ2n) is 4.99. The van der Waals surface area contributed by atoms with Crippen molar-refractivity contribution in [3.05, 3.63) is 76.3 Å². The van der Waals surface area contributed by atoms with E-state index in [1.165, 1.54) is 12.3 Å². The van der Waals surface area contributed by atoms with Crippen LogP contribution in [0.25, 0.3) is 0 Å². The second-order valence-corrected chi connectivity index (χ2v) is 5.81. The van der Waals surface area contributed by atoms with E-state index in [0.717, 1.165) is 5.69 Å². The molecule has 126 valence electrons. The highest BCUT2D eigenvalue weighted by atomic mass is 35.5. The molecular weight excluding hydrogens is 361 g/mol. The normalized spacial score (nSPS) is 10.3. The molecule has 0 unspecified atom stereocenters. The van der Waals surface area contributed by atoms with E-state index in [4.69, 9.17) is 23.2 Å². The third-order valence-corrected chi connectivity index (χ3v) is 3.87. The summed E-state index contributed by atoms with van der Waals surface area (Å²) >= 11 is 12.2. The maximum Gasteiger partial charge on any atom is 0.270 e. The molecule has 3 aromatic rings. The molecular formula is C17H13Cl2N5O. The number of rotatable bonds is 5. The van der Waals surface area contributed by atoms with Gasteiger partial charge in [0.25, 0.3) is 5.91 Å². The van der Waals surface area contributed by atoms with Gasteiger partial charge in [0.15, 0.2) is 0 Å². The van der Waals surface area contributed by atoms with E-state index in [9.17, 15) is 4.79 Å². The Morgan fingerprint density at radius 3 is 2.48 bits per heavy atom. The van der Waals surface area contributed by atoms with Crippen LogP contribution in [0.5, 0.6) is 0 Å². The third-order valence-electron chi connectivity index (χ3n) is 3.24. The van der Waals surface area contributed by atoms with Crippen molar-refractivity contribution >= 4 is 40.7 Å². The van der Waals surface area contributed by atoms with Gasteiger partial charge in [-0.25, -0.2) is 9.97 Å². The van der Waals surface area contributed by atoms with Crippen LogP contribution >= 0.6 is 23.2 Å². The molecule has 1 aromatic carbocycles. The highest BCUT2D eigenvalue weighted by Gasteiger charge is 2.11. The van der Waals surface area contributed by atoms with Crippen LogP contribution in [-0.4, -0.2) is 20.9 Å². The van der Waals surface area contributed by atoms with Crippen LogP contribution in [-0.2, 0) is 6.54 Å². The van der Waals surface area contributed by atoms with Crippen LogP contribution in [0.2, 0.25) is 10.0 Å². The SMILES string of the molecule is O=C(NCc1ccccn1)c1ccnc(Nc2c(Cl)cccc2Cl)n1. The van der Waals surface area contributed by atoms with Crippen molar-refractivity contribution in [2.24, 2.45) is 0 Å². The fraction of sp³-hybridized carbons (Fsp3) is 0.0588. The summed E-state index contributed by atoms with van der Waals surface area (Å²) in [5.41, 5.74) is 1.46. The first-order chi connectivity index (χ1) is 12.1. The Morgan fingerprint density at radius 1 is 0.960 bits per heavy atom. The maximum atomic E-state index is 12.2. The zero-order chi connectivity index (χ0) is 17.6. The first kappa shape index (κ1) is 17.1. The number of nitrogens with one attached hydrogen (secondary N) is 2. The third kappa shape index (κ3) is 4.43. The van der Waals surface area contributed by atoms with Crippen LogP contribution in [0.1, 0.15) is 16.2 Å². The number of amides is 1. The van der Waals surface area contributed by atoms with E-state index in [-0.39, 0.29) is 17.5 Å². The number of carbonyl (C=O) groups excluding carboxylic acids is 1. The number of hydrogen-bond donors (Lipinski definition) is 2. The molecule has 0 saturated heterocycles. The molecule has 0 saturated carbocycles. The van der Waals surface area contributed by atoms with Gasteiger partial charge in [0.2, 0.25) is 5.95 Å². The molecule has 3 rings (SSSR count). The van der Waals surface area contributed by atoms with Gasteiger partial charge in [-0.2, -0.15) is 0 Å². The van der Waals surface area contributed by atoms with E-state index >= 15 is 0 Å². The fourth-order valence-electron chi connectivity index (χ4n) is 2.04. The highest BCUT2D eigenvalue weighted by Crippen LogP contribution is 2.31. The van der Waals surface area contributed by atoms with Gasteiger partial charge in [-0.3, -0.25) is 9.78 Å². The number of nitrogens with zero attached hydrogens (tertiary/aromatic N) is 3. The van der Waals surface area contributed by atoms with Crippen LogP contribution < -0.4 is 10.6 Å². The van der Waals surface area contributed by atoms with E-state index in [1.54, 1.807) is 24.4 Å². The molecule has 0 fully saturated rings. The van der Waals surface area contributed by atoms with Gasteiger partial charge >= 0.3 is 0 Å². The molecule has 6 nitrogen and oxygen atoms in total. The molecule has 0 radical (unpaired) electrons. The van der Waals surface area contributed by atoms with Crippen molar-refractivity contribution in [2.45, 2.75) is 6.54 Å². The number of aromatic nitrogens is 3. The number of halogens is 2. The average Bonchev–Trinajstić information content (AvgIpc) is 2.64. The van der Waals surface area contributed by atoms with Crippen LogP contribution in [0.3, 0.4) is 0 Å². The van der Waals surface area contributed by atoms with Crippen molar-refractivity contribution in [1.29, 1.82) is 0 Å². The Hall–Kier alpha value is -2.70. The molecule has 0 bridgehead atoms. The number of benzene rings is 1. The monoisotopic (exact) mass is 373 g/mol. The minimum absolute atomic E-state index is 0.219.